The minimum absolute atomic E-state index is 0.367. The van der Waals surface area contributed by atoms with Crippen LogP contribution in [0.15, 0.2) is 48.7 Å². The van der Waals surface area contributed by atoms with Crippen molar-refractivity contribution in [2.75, 3.05) is 0 Å². The molecule has 0 aliphatic carbocycles. The molecule has 2 nitrogen and oxygen atoms in total. The average molecular weight is 190 g/mol. The summed E-state index contributed by atoms with van der Waals surface area (Å²) in [4.78, 5) is 0. The van der Waals surface area contributed by atoms with Gasteiger partial charge in [0.25, 0.3) is 5.69 Å². The van der Waals surface area contributed by atoms with E-state index in [2.05, 4.69) is 0 Å². The van der Waals surface area contributed by atoms with Crippen LogP contribution in [0.2, 0.25) is 0 Å². The highest BCUT2D eigenvalue weighted by atomic mass is 19.1. The van der Waals surface area contributed by atoms with Crippen LogP contribution in [0.4, 0.5) is 4.39 Å². The van der Waals surface area contributed by atoms with Gasteiger partial charge in [0, 0.05) is 10.8 Å². The molecule has 0 bridgehead atoms. The number of aromatic nitrogens is 1. The molecule has 0 saturated heterocycles. The summed E-state index contributed by atoms with van der Waals surface area (Å²) in [7, 11) is 0. The van der Waals surface area contributed by atoms with Gasteiger partial charge in [0.15, 0.2) is 0 Å². The number of rotatable bonds is 1. The number of benzene rings is 1. The van der Waals surface area contributed by atoms with Crippen LogP contribution in [-0.4, -0.2) is 5.21 Å². The summed E-state index contributed by atoms with van der Waals surface area (Å²) in [6.07, 6.45) is 1.28. The third kappa shape index (κ3) is 1.57. The Morgan fingerprint density at radius 2 is 1.79 bits per heavy atom. The Labute approximate surface area is 80.8 Å². The Morgan fingerprint density at radius 1 is 1.07 bits per heavy atom. The molecule has 1 aromatic carbocycles. The molecule has 0 amide bonds. The Kier molecular flexibility index (Phi) is 2.14. The van der Waals surface area contributed by atoms with Gasteiger partial charge in [0.2, 0.25) is 6.20 Å². The first-order valence-corrected chi connectivity index (χ1v) is 4.23. The van der Waals surface area contributed by atoms with E-state index in [1.807, 2.05) is 30.3 Å². The van der Waals surface area contributed by atoms with Gasteiger partial charge in [-0.3, -0.25) is 5.21 Å². The Hall–Kier alpha value is -1.90. The second-order valence-corrected chi connectivity index (χ2v) is 2.94. The number of halogens is 1. The van der Waals surface area contributed by atoms with Gasteiger partial charge in [-0.2, -0.15) is 0 Å². The third-order valence-electron chi connectivity index (χ3n) is 1.97. The SMILES string of the molecule is O[n+]1ccc(F)cc1-c1ccccc1. The van der Waals surface area contributed by atoms with E-state index in [-0.39, 0.29) is 5.82 Å². The predicted molar refractivity (Wildman–Crippen MR) is 49.2 cm³/mol. The van der Waals surface area contributed by atoms with E-state index < -0.39 is 0 Å². The fourth-order valence-corrected chi connectivity index (χ4v) is 1.29. The molecule has 0 radical (unpaired) electrons. The van der Waals surface area contributed by atoms with Gasteiger partial charge >= 0.3 is 0 Å². The molecule has 3 heteroatoms. The fourth-order valence-electron chi connectivity index (χ4n) is 1.29. The van der Waals surface area contributed by atoms with Crippen LogP contribution in [0.25, 0.3) is 11.3 Å². The summed E-state index contributed by atoms with van der Waals surface area (Å²) in [6.45, 7) is 0. The van der Waals surface area contributed by atoms with Crippen LogP contribution in [0, 0.1) is 5.82 Å². The van der Waals surface area contributed by atoms with Gasteiger partial charge in [-0.25, -0.2) is 4.39 Å². The largest absolute Gasteiger partial charge is 0.285 e. The molecule has 0 atom stereocenters. The first-order chi connectivity index (χ1) is 6.77. The molecular weight excluding hydrogens is 181 g/mol. The summed E-state index contributed by atoms with van der Waals surface area (Å²) >= 11 is 0. The van der Waals surface area contributed by atoms with Crippen molar-refractivity contribution in [3.05, 3.63) is 54.5 Å². The molecule has 0 spiro atoms. The van der Waals surface area contributed by atoms with E-state index in [0.717, 1.165) is 10.3 Å². The number of hydrogen-bond donors (Lipinski definition) is 1. The van der Waals surface area contributed by atoms with Crippen molar-refractivity contribution in [2.24, 2.45) is 0 Å². The molecule has 2 aromatic rings. The van der Waals surface area contributed by atoms with Crippen molar-refractivity contribution in [1.82, 2.24) is 0 Å². The van der Waals surface area contributed by atoms with Gasteiger partial charge in [-0.05, 0) is 12.1 Å². The maximum Gasteiger partial charge on any atom is 0.267 e. The van der Waals surface area contributed by atoms with E-state index in [4.69, 9.17) is 0 Å². The zero-order valence-corrected chi connectivity index (χ0v) is 7.39. The van der Waals surface area contributed by atoms with Crippen LogP contribution < -0.4 is 4.73 Å². The molecule has 1 N–H and O–H groups in total. The summed E-state index contributed by atoms with van der Waals surface area (Å²) in [5, 5.41) is 9.44. The Bertz CT molecular complexity index is 442. The molecule has 1 aromatic heterocycles. The molecular formula is C11H9FNO+. The van der Waals surface area contributed by atoms with Crippen LogP contribution in [-0.2, 0) is 0 Å². The summed E-state index contributed by atoms with van der Waals surface area (Å²) < 4.78 is 13.8. The lowest BCUT2D eigenvalue weighted by atomic mass is 10.1. The molecule has 0 saturated carbocycles. The fraction of sp³-hybridized carbons (Fsp3) is 0. The van der Waals surface area contributed by atoms with E-state index in [0.29, 0.717) is 5.69 Å². The zero-order chi connectivity index (χ0) is 9.97. The molecule has 0 unspecified atom stereocenters. The number of nitrogens with zero attached hydrogens (tertiary/aromatic N) is 1. The van der Waals surface area contributed by atoms with E-state index in [1.54, 1.807) is 0 Å². The van der Waals surface area contributed by atoms with Crippen molar-refractivity contribution < 1.29 is 14.3 Å². The molecule has 0 fully saturated rings. The smallest absolute Gasteiger partial charge is 0.267 e. The van der Waals surface area contributed by atoms with E-state index >= 15 is 0 Å². The topological polar surface area (TPSA) is 24.1 Å². The van der Waals surface area contributed by atoms with E-state index in [9.17, 15) is 9.60 Å². The van der Waals surface area contributed by atoms with Crippen LogP contribution in [0.5, 0.6) is 0 Å². The molecule has 2 rings (SSSR count). The highest BCUT2D eigenvalue weighted by Crippen LogP contribution is 2.14. The monoisotopic (exact) mass is 190 g/mol. The second kappa shape index (κ2) is 3.46. The maximum atomic E-state index is 12.9. The standard InChI is InChI=1S/C11H9FNO/c12-10-6-7-13(14)11(8-10)9-4-2-1-3-5-9/h1-8,14H/q+1. The van der Waals surface area contributed by atoms with Gasteiger partial charge < -0.3 is 0 Å². The summed E-state index contributed by atoms with van der Waals surface area (Å²) in [6, 6.07) is 11.6. The first-order valence-electron chi connectivity index (χ1n) is 4.23. The highest BCUT2D eigenvalue weighted by molar-refractivity contribution is 5.55. The highest BCUT2D eigenvalue weighted by Gasteiger charge is 2.12. The lowest BCUT2D eigenvalue weighted by molar-refractivity contribution is -0.896. The lowest BCUT2D eigenvalue weighted by Crippen LogP contribution is -2.32. The lowest BCUT2D eigenvalue weighted by Gasteiger charge is -1.96. The minimum Gasteiger partial charge on any atom is -0.285 e. The summed E-state index contributed by atoms with van der Waals surface area (Å²) in [5.74, 6) is -0.367. The maximum absolute atomic E-state index is 12.9. The molecule has 1 heterocycles. The molecule has 70 valence electrons. The average Bonchev–Trinajstić information content (AvgIpc) is 2.23. The van der Waals surface area contributed by atoms with Crippen molar-refractivity contribution in [1.29, 1.82) is 0 Å². The van der Waals surface area contributed by atoms with Crippen molar-refractivity contribution in [3.8, 4) is 11.3 Å². The normalized spacial score (nSPS) is 10.1. The molecule has 0 aliphatic rings. The summed E-state index contributed by atoms with van der Waals surface area (Å²) in [5.41, 5.74) is 1.21. The minimum atomic E-state index is -0.367. The quantitative estimate of drug-likeness (QED) is 0.540. The van der Waals surface area contributed by atoms with Crippen molar-refractivity contribution in [2.45, 2.75) is 0 Å². The van der Waals surface area contributed by atoms with Gasteiger partial charge in [0.05, 0.1) is 11.6 Å². The molecule has 14 heavy (non-hydrogen) atoms. The van der Waals surface area contributed by atoms with Gasteiger partial charge in [0.1, 0.15) is 5.82 Å². The first kappa shape index (κ1) is 8.69. The second-order valence-electron chi connectivity index (χ2n) is 2.94. The third-order valence-corrected chi connectivity index (χ3v) is 1.97. The predicted octanol–water partition coefficient (Wildman–Crippen LogP) is 2.02. The van der Waals surface area contributed by atoms with Crippen molar-refractivity contribution >= 4 is 0 Å². The zero-order valence-electron chi connectivity index (χ0n) is 7.39. The Morgan fingerprint density at radius 3 is 2.50 bits per heavy atom. The van der Waals surface area contributed by atoms with Gasteiger partial charge in [-0.15, -0.1) is 0 Å². The van der Waals surface area contributed by atoms with Crippen LogP contribution in [0.3, 0.4) is 0 Å². The van der Waals surface area contributed by atoms with Gasteiger partial charge in [-0.1, -0.05) is 18.2 Å². The Balaban J connectivity index is 2.57. The molecule has 0 aliphatic heterocycles. The van der Waals surface area contributed by atoms with Crippen LogP contribution >= 0.6 is 0 Å². The van der Waals surface area contributed by atoms with Crippen LogP contribution in [0.1, 0.15) is 0 Å². The number of hydrogen-bond acceptors (Lipinski definition) is 1. The van der Waals surface area contributed by atoms with E-state index in [1.165, 1.54) is 18.3 Å². The number of pyridine rings is 1. The van der Waals surface area contributed by atoms with Crippen molar-refractivity contribution in [3.63, 3.8) is 0 Å².